The van der Waals surface area contributed by atoms with Crippen LogP contribution in [0.2, 0.25) is 5.15 Å². The number of benzene rings is 2. The van der Waals surface area contributed by atoms with E-state index < -0.39 is 41.9 Å². The van der Waals surface area contributed by atoms with Gasteiger partial charge in [-0.1, -0.05) is 74.0 Å². The Bertz CT molecular complexity index is 1190. The second-order valence-electron chi connectivity index (χ2n) is 7.75. The molecule has 0 spiro atoms. The zero-order valence-corrected chi connectivity index (χ0v) is 21.3. The first-order valence-electron chi connectivity index (χ1n) is 11.3. The summed E-state index contributed by atoms with van der Waals surface area (Å²) in [5, 5.41) is 5.47. The van der Waals surface area contributed by atoms with Crippen molar-refractivity contribution in [2.45, 2.75) is 38.6 Å². The van der Waals surface area contributed by atoms with Crippen LogP contribution in [0.3, 0.4) is 0 Å². The summed E-state index contributed by atoms with van der Waals surface area (Å²) in [5.74, 6) is -2.61. The topological polar surface area (TPSA) is 82.4 Å². The third-order valence-corrected chi connectivity index (χ3v) is 7.47. The van der Waals surface area contributed by atoms with Gasteiger partial charge in [0.1, 0.15) is 10.7 Å². The molecule has 1 heterocycles. The molecule has 3 aromatic rings. The van der Waals surface area contributed by atoms with Crippen LogP contribution in [0.4, 0.5) is 13.2 Å². The van der Waals surface area contributed by atoms with Crippen molar-refractivity contribution in [3.05, 3.63) is 82.6 Å². The molecule has 1 unspecified atom stereocenters. The van der Waals surface area contributed by atoms with Gasteiger partial charge in [0.25, 0.3) is 5.91 Å². The van der Waals surface area contributed by atoms with E-state index >= 15 is 0 Å². The van der Waals surface area contributed by atoms with Crippen molar-refractivity contribution in [1.29, 1.82) is 0 Å². The summed E-state index contributed by atoms with van der Waals surface area (Å²) in [6.07, 6.45) is -3.98. The molecule has 0 saturated heterocycles. The molecule has 194 valence electrons. The van der Waals surface area contributed by atoms with Crippen molar-refractivity contribution in [2.24, 2.45) is 0 Å². The lowest BCUT2D eigenvalue weighted by Crippen LogP contribution is -2.31. The molecule has 0 aliphatic heterocycles. The van der Waals surface area contributed by atoms with E-state index in [0.717, 1.165) is 4.68 Å². The molecule has 1 amide bonds. The van der Waals surface area contributed by atoms with E-state index in [2.05, 4.69) is 10.4 Å². The number of nitrogens with zero attached hydrogens (tertiary/aromatic N) is 2. The monoisotopic (exact) mass is 543 g/mol. The summed E-state index contributed by atoms with van der Waals surface area (Å²) in [6, 6.07) is 16.0. The van der Waals surface area contributed by atoms with Gasteiger partial charge in [-0.3, -0.25) is 9.36 Å². The van der Waals surface area contributed by atoms with E-state index in [-0.39, 0.29) is 18.9 Å². The van der Waals surface area contributed by atoms with Gasteiger partial charge in [0, 0.05) is 0 Å². The Morgan fingerprint density at radius 2 is 1.56 bits per heavy atom. The number of rotatable bonds is 11. The maximum absolute atomic E-state index is 13.9. The van der Waals surface area contributed by atoms with Crippen molar-refractivity contribution < 1.29 is 31.6 Å². The van der Waals surface area contributed by atoms with Crippen LogP contribution >= 0.6 is 19.2 Å². The van der Waals surface area contributed by atoms with Gasteiger partial charge in [0.2, 0.25) is 0 Å². The minimum absolute atomic E-state index is 0.0562. The second-order valence-corrected chi connectivity index (χ2v) is 10.2. The number of carbonyl (C=O) groups is 1. The zero-order valence-electron chi connectivity index (χ0n) is 19.7. The molecule has 36 heavy (non-hydrogen) atoms. The Balaban J connectivity index is 2.10. The minimum Gasteiger partial charge on any atom is -0.334 e. The van der Waals surface area contributed by atoms with Crippen molar-refractivity contribution >= 4 is 25.1 Å². The quantitative estimate of drug-likeness (QED) is 0.263. The Morgan fingerprint density at radius 3 is 2.06 bits per heavy atom. The van der Waals surface area contributed by atoms with Gasteiger partial charge in [-0.2, -0.15) is 18.3 Å². The highest BCUT2D eigenvalue weighted by atomic mass is 35.5. The molecule has 12 heteroatoms. The number of para-hydroxylation sites is 1. The van der Waals surface area contributed by atoms with Gasteiger partial charge in [-0.15, -0.1) is 0 Å². The Hall–Kier alpha value is -2.65. The molecule has 1 atom stereocenters. The van der Waals surface area contributed by atoms with E-state index in [9.17, 15) is 22.5 Å². The van der Waals surface area contributed by atoms with E-state index in [1.54, 1.807) is 62.4 Å². The van der Waals surface area contributed by atoms with Crippen LogP contribution < -0.4 is 5.32 Å². The highest BCUT2D eigenvalue weighted by Crippen LogP contribution is 2.60. The maximum atomic E-state index is 13.9. The summed E-state index contributed by atoms with van der Waals surface area (Å²) >= 11 is 6.28. The van der Waals surface area contributed by atoms with Crippen LogP contribution in [0.25, 0.3) is 5.69 Å². The fraction of sp³-hybridized carbons (Fsp3) is 0.333. The van der Waals surface area contributed by atoms with Crippen molar-refractivity contribution in [3.8, 4) is 5.69 Å². The number of carbonyl (C=O) groups excluding carboxylic acids is 1. The highest BCUT2D eigenvalue weighted by molar-refractivity contribution is 7.54. The molecular weight excluding hydrogens is 518 g/mol. The molecule has 0 fully saturated rings. The summed E-state index contributed by atoms with van der Waals surface area (Å²) in [4.78, 5) is 13.4. The molecule has 1 N–H and O–H groups in total. The van der Waals surface area contributed by atoms with Gasteiger partial charge in [-0.25, -0.2) is 4.68 Å². The number of aromatic nitrogens is 2. The van der Waals surface area contributed by atoms with Gasteiger partial charge in [0.05, 0.1) is 18.9 Å². The van der Waals surface area contributed by atoms with E-state index in [0.29, 0.717) is 18.4 Å². The summed E-state index contributed by atoms with van der Waals surface area (Å²) in [7, 11) is -4.06. The first-order chi connectivity index (χ1) is 17.1. The third-order valence-electron chi connectivity index (χ3n) is 4.98. The van der Waals surface area contributed by atoms with Crippen molar-refractivity contribution in [3.63, 3.8) is 0 Å². The lowest BCUT2D eigenvalue weighted by atomic mass is 10.2. The van der Waals surface area contributed by atoms with Crippen LogP contribution in [0.5, 0.6) is 0 Å². The van der Waals surface area contributed by atoms with Gasteiger partial charge < -0.3 is 14.4 Å². The average molecular weight is 544 g/mol. The fourth-order valence-corrected chi connectivity index (χ4v) is 5.71. The molecular formula is C24H26ClF3N3O4P. The largest absolute Gasteiger partial charge is 0.436 e. The van der Waals surface area contributed by atoms with Crippen LogP contribution in [-0.4, -0.2) is 28.9 Å². The predicted octanol–water partition coefficient (Wildman–Crippen LogP) is 7.02. The Labute approximate surface area is 212 Å². The average Bonchev–Trinajstić information content (AvgIpc) is 3.23. The molecule has 2 aromatic carbocycles. The molecule has 3 rings (SSSR count). The molecule has 1 aromatic heterocycles. The molecule has 0 aliphatic carbocycles. The number of hydrogen-bond donors (Lipinski definition) is 1. The first-order valence-corrected chi connectivity index (χ1v) is 13.3. The third kappa shape index (κ3) is 6.37. The number of amides is 1. The molecule has 0 bridgehead atoms. The summed E-state index contributed by atoms with van der Waals surface area (Å²) < 4.78 is 67.6. The smallest absolute Gasteiger partial charge is 0.334 e. The van der Waals surface area contributed by atoms with E-state index in [1.807, 2.05) is 0 Å². The van der Waals surface area contributed by atoms with Crippen LogP contribution in [0.1, 0.15) is 54.1 Å². The number of nitrogens with one attached hydrogen (secondary N) is 1. The normalized spacial score (nSPS) is 12.9. The van der Waals surface area contributed by atoms with Gasteiger partial charge in [0.15, 0.2) is 11.5 Å². The van der Waals surface area contributed by atoms with Crippen molar-refractivity contribution in [2.75, 3.05) is 13.2 Å². The molecule has 0 aliphatic rings. The Morgan fingerprint density at radius 1 is 1.03 bits per heavy atom. The van der Waals surface area contributed by atoms with Crippen molar-refractivity contribution in [1.82, 2.24) is 15.1 Å². The molecule has 0 radical (unpaired) electrons. The SMILES string of the molecule is CCCOP(=O)(OCCC)C(NC(=O)c1c(C(F)(F)F)nn(-c2ccccc2)c1Cl)c1ccccc1. The fourth-order valence-electron chi connectivity index (χ4n) is 3.34. The lowest BCUT2D eigenvalue weighted by molar-refractivity contribution is -0.141. The minimum atomic E-state index is -4.99. The highest BCUT2D eigenvalue weighted by Gasteiger charge is 2.44. The van der Waals surface area contributed by atoms with E-state index in [1.165, 1.54) is 12.1 Å². The molecule has 7 nitrogen and oxygen atoms in total. The number of hydrogen-bond acceptors (Lipinski definition) is 5. The van der Waals surface area contributed by atoms with E-state index in [4.69, 9.17) is 20.6 Å². The number of alkyl halides is 3. The van der Waals surface area contributed by atoms with Gasteiger partial charge in [-0.05, 0) is 30.5 Å². The predicted molar refractivity (Wildman–Crippen MR) is 130 cm³/mol. The standard InChI is InChI=1S/C24H26ClF3N3O4P/c1-3-15-34-36(33,35-16-4-2)23(17-11-7-5-8-12-17)29-22(32)19-20(24(26,27)28)30-31(21(19)25)18-13-9-6-10-14-18/h5-14,23H,3-4,15-16H2,1-2H3,(H,29,32). The second kappa shape index (κ2) is 12.1. The van der Waals surface area contributed by atoms with Gasteiger partial charge >= 0.3 is 13.8 Å². The first kappa shape index (κ1) is 27.9. The number of halogens is 4. The summed E-state index contributed by atoms with van der Waals surface area (Å²) in [6.45, 7) is 3.71. The maximum Gasteiger partial charge on any atom is 0.436 e. The van der Waals surface area contributed by atoms with Crippen LogP contribution in [0, 0.1) is 0 Å². The summed E-state index contributed by atoms with van der Waals surface area (Å²) in [5.41, 5.74) is -1.80. The lowest BCUT2D eigenvalue weighted by Gasteiger charge is -2.28. The zero-order chi connectivity index (χ0) is 26.3. The Kier molecular flexibility index (Phi) is 9.35. The molecule has 0 saturated carbocycles. The van der Waals surface area contributed by atoms with Crippen LogP contribution in [0.15, 0.2) is 60.7 Å². The van der Waals surface area contributed by atoms with Crippen LogP contribution in [-0.2, 0) is 19.8 Å².